The summed E-state index contributed by atoms with van der Waals surface area (Å²) in [4.78, 5) is 10.9. The van der Waals surface area contributed by atoms with E-state index >= 15 is 0 Å². The molecule has 0 heterocycles. The molecule has 0 saturated heterocycles. The van der Waals surface area contributed by atoms with Crippen LogP contribution >= 0.6 is 0 Å². The van der Waals surface area contributed by atoms with Crippen LogP contribution in [0.5, 0.6) is 11.5 Å². The minimum atomic E-state index is -0.966. The zero-order chi connectivity index (χ0) is 13.2. The van der Waals surface area contributed by atoms with Gasteiger partial charge in [0.1, 0.15) is 5.60 Å². The van der Waals surface area contributed by atoms with Crippen LogP contribution < -0.4 is 9.47 Å². The highest BCUT2D eigenvalue weighted by atomic mass is 16.5. The van der Waals surface area contributed by atoms with Gasteiger partial charge in [-0.25, -0.2) is 4.79 Å². The number of benzene rings is 1. The number of ether oxygens (including phenoxy) is 2. The molecule has 0 aromatic heterocycles. The van der Waals surface area contributed by atoms with Crippen molar-refractivity contribution in [2.75, 3.05) is 7.11 Å². The molecule has 1 aromatic carbocycles. The number of carboxylic acid groups (broad SMARTS) is 1. The molecule has 0 radical (unpaired) electrons. The maximum Gasteiger partial charge on any atom is 0.335 e. The minimum absolute atomic E-state index is 0.155. The molecule has 1 fully saturated rings. The van der Waals surface area contributed by atoms with E-state index in [2.05, 4.69) is 6.92 Å². The number of rotatable bonds is 4. The molecule has 1 saturated carbocycles. The lowest BCUT2D eigenvalue weighted by molar-refractivity contribution is 0.0696. The standard InChI is InChI=1S/C14H18O4/c1-14(7-3-4-8-14)18-11-6-5-10(13(15)16)9-12(11)17-2/h5-6,9H,3-4,7-8H2,1-2H3,(H,15,16). The number of aromatic carboxylic acids is 1. The summed E-state index contributed by atoms with van der Waals surface area (Å²) in [5.74, 6) is 0.127. The van der Waals surface area contributed by atoms with Gasteiger partial charge < -0.3 is 14.6 Å². The molecule has 18 heavy (non-hydrogen) atoms. The van der Waals surface area contributed by atoms with Crippen molar-refractivity contribution in [1.82, 2.24) is 0 Å². The van der Waals surface area contributed by atoms with E-state index in [1.165, 1.54) is 26.0 Å². The zero-order valence-corrected chi connectivity index (χ0v) is 10.7. The molecular formula is C14H18O4. The van der Waals surface area contributed by atoms with E-state index in [4.69, 9.17) is 14.6 Å². The fourth-order valence-corrected chi connectivity index (χ4v) is 2.38. The zero-order valence-electron chi connectivity index (χ0n) is 10.7. The van der Waals surface area contributed by atoms with Gasteiger partial charge >= 0.3 is 5.97 Å². The summed E-state index contributed by atoms with van der Waals surface area (Å²) in [6, 6.07) is 4.71. The first-order valence-electron chi connectivity index (χ1n) is 6.14. The van der Waals surface area contributed by atoms with Gasteiger partial charge in [-0.3, -0.25) is 0 Å². The average molecular weight is 250 g/mol. The molecule has 1 N–H and O–H groups in total. The summed E-state index contributed by atoms with van der Waals surface area (Å²) < 4.78 is 11.2. The lowest BCUT2D eigenvalue weighted by Crippen LogP contribution is -2.28. The predicted octanol–water partition coefficient (Wildman–Crippen LogP) is 3.10. The number of carboxylic acids is 1. The minimum Gasteiger partial charge on any atom is -0.493 e. The van der Waals surface area contributed by atoms with E-state index in [0.717, 1.165) is 12.8 Å². The normalized spacial score (nSPS) is 17.4. The number of hydrogen-bond acceptors (Lipinski definition) is 3. The Balaban J connectivity index is 2.24. The lowest BCUT2D eigenvalue weighted by atomic mass is 10.1. The van der Waals surface area contributed by atoms with Crippen molar-refractivity contribution < 1.29 is 19.4 Å². The van der Waals surface area contributed by atoms with Crippen LogP contribution in [0.1, 0.15) is 43.0 Å². The van der Waals surface area contributed by atoms with E-state index in [-0.39, 0.29) is 11.2 Å². The molecular weight excluding hydrogens is 232 g/mol. The van der Waals surface area contributed by atoms with Gasteiger partial charge in [-0.2, -0.15) is 0 Å². The van der Waals surface area contributed by atoms with Crippen LogP contribution in [-0.2, 0) is 0 Å². The smallest absolute Gasteiger partial charge is 0.335 e. The third kappa shape index (κ3) is 2.58. The van der Waals surface area contributed by atoms with Crippen molar-refractivity contribution in [3.63, 3.8) is 0 Å². The fraction of sp³-hybridized carbons (Fsp3) is 0.500. The molecule has 0 aliphatic heterocycles. The first-order valence-corrected chi connectivity index (χ1v) is 6.14. The Labute approximate surface area is 107 Å². The van der Waals surface area contributed by atoms with E-state index < -0.39 is 5.97 Å². The predicted molar refractivity (Wildman–Crippen MR) is 67.5 cm³/mol. The van der Waals surface area contributed by atoms with Crippen molar-refractivity contribution in [3.8, 4) is 11.5 Å². The maximum atomic E-state index is 10.9. The lowest BCUT2D eigenvalue weighted by Gasteiger charge is -2.26. The summed E-state index contributed by atoms with van der Waals surface area (Å²) in [5.41, 5.74) is 0.0497. The molecule has 1 aliphatic rings. The Bertz CT molecular complexity index is 447. The highest BCUT2D eigenvalue weighted by Crippen LogP contribution is 2.38. The van der Waals surface area contributed by atoms with Crippen LogP contribution in [0.4, 0.5) is 0 Å². The monoisotopic (exact) mass is 250 g/mol. The molecule has 0 atom stereocenters. The van der Waals surface area contributed by atoms with E-state index in [1.54, 1.807) is 12.1 Å². The second-order valence-corrected chi connectivity index (χ2v) is 4.93. The second kappa shape index (κ2) is 4.88. The highest BCUT2D eigenvalue weighted by Gasteiger charge is 2.31. The molecule has 0 spiro atoms. The summed E-state index contributed by atoms with van der Waals surface area (Å²) in [6.07, 6.45) is 4.39. The molecule has 0 amide bonds. The van der Waals surface area contributed by atoms with Crippen molar-refractivity contribution in [3.05, 3.63) is 23.8 Å². The molecule has 98 valence electrons. The summed E-state index contributed by atoms with van der Waals surface area (Å²) in [5, 5.41) is 8.93. The third-order valence-corrected chi connectivity index (χ3v) is 3.43. The molecule has 0 bridgehead atoms. The van der Waals surface area contributed by atoms with Gasteiger partial charge in [-0.05, 0) is 50.8 Å². The average Bonchev–Trinajstić information content (AvgIpc) is 2.76. The quantitative estimate of drug-likeness (QED) is 0.892. The molecule has 0 unspecified atom stereocenters. The summed E-state index contributed by atoms with van der Waals surface area (Å²) in [6.45, 7) is 2.09. The first kappa shape index (κ1) is 12.7. The molecule has 2 rings (SSSR count). The maximum absolute atomic E-state index is 10.9. The van der Waals surface area contributed by atoms with Gasteiger partial charge in [-0.1, -0.05) is 0 Å². The van der Waals surface area contributed by atoms with Crippen molar-refractivity contribution >= 4 is 5.97 Å². The van der Waals surface area contributed by atoms with Gasteiger partial charge in [0.2, 0.25) is 0 Å². The molecule has 4 nitrogen and oxygen atoms in total. The van der Waals surface area contributed by atoms with Gasteiger partial charge in [-0.15, -0.1) is 0 Å². The SMILES string of the molecule is COc1cc(C(=O)O)ccc1OC1(C)CCCC1. The van der Waals surface area contributed by atoms with Crippen LogP contribution in [-0.4, -0.2) is 23.8 Å². The largest absolute Gasteiger partial charge is 0.493 e. The van der Waals surface area contributed by atoms with E-state index in [1.807, 2.05) is 0 Å². The molecule has 1 aromatic rings. The summed E-state index contributed by atoms with van der Waals surface area (Å²) >= 11 is 0. The third-order valence-electron chi connectivity index (χ3n) is 3.43. The Morgan fingerprint density at radius 2 is 1.94 bits per heavy atom. The number of hydrogen-bond donors (Lipinski definition) is 1. The highest BCUT2D eigenvalue weighted by molar-refractivity contribution is 5.88. The van der Waals surface area contributed by atoms with Gasteiger partial charge in [0.15, 0.2) is 11.5 Å². The van der Waals surface area contributed by atoms with E-state index in [9.17, 15) is 4.79 Å². The summed E-state index contributed by atoms with van der Waals surface area (Å²) in [7, 11) is 1.52. The van der Waals surface area contributed by atoms with Crippen LogP contribution in [0.3, 0.4) is 0 Å². The Kier molecular flexibility index (Phi) is 3.45. The van der Waals surface area contributed by atoms with Gasteiger partial charge in [0.05, 0.1) is 12.7 Å². The van der Waals surface area contributed by atoms with Gasteiger partial charge in [0, 0.05) is 0 Å². The van der Waals surface area contributed by atoms with Crippen LogP contribution in [0.25, 0.3) is 0 Å². The van der Waals surface area contributed by atoms with E-state index in [0.29, 0.717) is 11.5 Å². The van der Waals surface area contributed by atoms with Crippen molar-refractivity contribution in [2.24, 2.45) is 0 Å². The Morgan fingerprint density at radius 3 is 2.50 bits per heavy atom. The fourth-order valence-electron chi connectivity index (χ4n) is 2.38. The van der Waals surface area contributed by atoms with Gasteiger partial charge in [0.25, 0.3) is 0 Å². The van der Waals surface area contributed by atoms with Crippen LogP contribution in [0.2, 0.25) is 0 Å². The van der Waals surface area contributed by atoms with Crippen molar-refractivity contribution in [1.29, 1.82) is 0 Å². The van der Waals surface area contributed by atoms with Crippen LogP contribution in [0, 0.1) is 0 Å². The van der Waals surface area contributed by atoms with Crippen LogP contribution in [0.15, 0.2) is 18.2 Å². The first-order chi connectivity index (χ1) is 8.54. The Morgan fingerprint density at radius 1 is 1.28 bits per heavy atom. The molecule has 1 aliphatic carbocycles. The Hall–Kier alpha value is -1.71. The van der Waals surface area contributed by atoms with Crippen molar-refractivity contribution in [2.45, 2.75) is 38.2 Å². The number of methoxy groups -OCH3 is 1. The topological polar surface area (TPSA) is 55.8 Å². The number of carbonyl (C=O) groups is 1. The second-order valence-electron chi connectivity index (χ2n) is 4.93. The molecule has 4 heteroatoms.